The summed E-state index contributed by atoms with van der Waals surface area (Å²) < 4.78 is 13.1. The van der Waals surface area contributed by atoms with Gasteiger partial charge in [-0.25, -0.2) is 9.18 Å². The maximum Gasteiger partial charge on any atom is 0.352 e. The molecule has 2 aliphatic rings. The molecule has 3 heterocycles. The zero-order valence-corrected chi connectivity index (χ0v) is 16.8. The van der Waals surface area contributed by atoms with E-state index < -0.39 is 23.3 Å². The number of halogens is 1. The summed E-state index contributed by atoms with van der Waals surface area (Å²) in [6.07, 6.45) is 0.511. The number of β-lactam (4-membered cyclic amide) rings is 1. The molecular weight excluding hydrogens is 415 g/mol. The maximum absolute atomic E-state index is 13.1. The van der Waals surface area contributed by atoms with Crippen molar-refractivity contribution in [1.29, 1.82) is 0 Å². The molecule has 6 nitrogen and oxygen atoms in total. The number of hydrogen-bond acceptors (Lipinski definition) is 5. The average Bonchev–Trinajstić information content (AvgIpc) is 3.20. The molecule has 2 amide bonds. The van der Waals surface area contributed by atoms with Crippen LogP contribution in [0.15, 0.2) is 53.0 Å². The van der Waals surface area contributed by atoms with Crippen LogP contribution in [0.1, 0.15) is 10.4 Å². The Bertz CT molecular complexity index is 988. The van der Waals surface area contributed by atoms with Gasteiger partial charge in [0.1, 0.15) is 22.9 Å². The van der Waals surface area contributed by atoms with Gasteiger partial charge in [-0.15, -0.1) is 23.1 Å². The lowest BCUT2D eigenvalue weighted by molar-refractivity contribution is -0.150. The summed E-state index contributed by atoms with van der Waals surface area (Å²) in [5, 5.41) is 13.9. The smallest absolute Gasteiger partial charge is 0.352 e. The molecule has 0 saturated carbocycles. The molecule has 9 heteroatoms. The molecular formula is C20H17FN2O4S2. The maximum atomic E-state index is 13.1. The summed E-state index contributed by atoms with van der Waals surface area (Å²) in [7, 11) is 0. The highest BCUT2D eigenvalue weighted by Gasteiger charge is 2.54. The largest absolute Gasteiger partial charge is 0.477 e. The van der Waals surface area contributed by atoms with Gasteiger partial charge in [0.25, 0.3) is 5.91 Å². The number of amides is 2. The lowest BCUT2D eigenvalue weighted by atomic mass is 9.99. The summed E-state index contributed by atoms with van der Waals surface area (Å²) in [6.45, 7) is 0. The number of rotatable bonds is 6. The first-order valence-electron chi connectivity index (χ1n) is 8.90. The van der Waals surface area contributed by atoms with Gasteiger partial charge in [-0.1, -0.05) is 18.2 Å². The van der Waals surface area contributed by atoms with E-state index in [0.717, 1.165) is 10.4 Å². The number of nitrogens with zero attached hydrogens (tertiary/aromatic N) is 1. The number of nitrogens with one attached hydrogen (secondary N) is 1. The van der Waals surface area contributed by atoms with Crippen LogP contribution in [0.3, 0.4) is 0 Å². The van der Waals surface area contributed by atoms with Crippen molar-refractivity contribution in [2.24, 2.45) is 0 Å². The van der Waals surface area contributed by atoms with Crippen LogP contribution in [0.25, 0.3) is 0 Å². The number of carboxylic acids is 1. The minimum atomic E-state index is -1.18. The molecule has 1 aromatic carbocycles. The van der Waals surface area contributed by atoms with Crippen LogP contribution in [0.4, 0.5) is 4.39 Å². The summed E-state index contributed by atoms with van der Waals surface area (Å²) in [6, 6.07) is 8.82. The van der Waals surface area contributed by atoms with Crippen molar-refractivity contribution in [3.63, 3.8) is 0 Å². The van der Waals surface area contributed by atoms with Gasteiger partial charge in [-0.3, -0.25) is 14.5 Å². The lowest BCUT2D eigenvalue weighted by Crippen LogP contribution is -2.70. The minimum Gasteiger partial charge on any atom is -0.477 e. The Morgan fingerprint density at radius 1 is 1.24 bits per heavy atom. The first-order valence-corrected chi connectivity index (χ1v) is 10.8. The molecule has 150 valence electrons. The van der Waals surface area contributed by atoms with Gasteiger partial charge in [0.15, 0.2) is 0 Å². The van der Waals surface area contributed by atoms with Crippen LogP contribution in [-0.2, 0) is 27.2 Å². The number of carbonyl (C=O) groups is 3. The third-order valence-corrected chi connectivity index (χ3v) is 7.03. The van der Waals surface area contributed by atoms with E-state index >= 15 is 0 Å². The second-order valence-corrected chi connectivity index (χ2v) is 8.91. The monoisotopic (exact) mass is 432 g/mol. The lowest BCUT2D eigenvalue weighted by Gasteiger charge is -2.49. The molecule has 1 fully saturated rings. The molecule has 2 atom stereocenters. The fourth-order valence-corrected chi connectivity index (χ4v) is 5.51. The van der Waals surface area contributed by atoms with Crippen LogP contribution in [0.5, 0.6) is 0 Å². The number of benzene rings is 1. The van der Waals surface area contributed by atoms with Crippen molar-refractivity contribution in [3.05, 3.63) is 69.3 Å². The van der Waals surface area contributed by atoms with E-state index in [1.54, 1.807) is 12.1 Å². The number of thioether (sulfide) groups is 1. The second-order valence-electron chi connectivity index (χ2n) is 6.77. The third-order valence-electron chi connectivity index (χ3n) is 4.81. The molecule has 0 spiro atoms. The Balaban J connectivity index is 1.49. The topological polar surface area (TPSA) is 86.7 Å². The second kappa shape index (κ2) is 8.00. The zero-order valence-electron chi connectivity index (χ0n) is 15.1. The molecule has 2 N–H and O–H groups in total. The molecule has 1 saturated heterocycles. The van der Waals surface area contributed by atoms with Gasteiger partial charge in [-0.05, 0) is 41.1 Å². The molecule has 0 bridgehead atoms. The molecule has 0 aliphatic carbocycles. The number of hydrogen-bond donors (Lipinski definition) is 2. The van der Waals surface area contributed by atoms with Gasteiger partial charge < -0.3 is 10.4 Å². The average molecular weight is 432 g/mol. The fourth-order valence-electron chi connectivity index (χ4n) is 3.46. The van der Waals surface area contributed by atoms with Crippen molar-refractivity contribution < 1.29 is 23.9 Å². The predicted octanol–water partition coefficient (Wildman–Crippen LogP) is 2.41. The van der Waals surface area contributed by atoms with Gasteiger partial charge in [0.2, 0.25) is 5.91 Å². The van der Waals surface area contributed by atoms with Crippen molar-refractivity contribution in [1.82, 2.24) is 10.2 Å². The van der Waals surface area contributed by atoms with E-state index in [9.17, 15) is 23.9 Å². The van der Waals surface area contributed by atoms with Crippen molar-refractivity contribution >= 4 is 40.9 Å². The highest BCUT2D eigenvalue weighted by Crippen LogP contribution is 2.41. The summed E-state index contributed by atoms with van der Waals surface area (Å²) in [4.78, 5) is 38.9. The van der Waals surface area contributed by atoms with Crippen molar-refractivity contribution in [2.45, 2.75) is 24.3 Å². The SMILES string of the molecule is O=C(Cc1cccs1)NC1C(=O)N2C(C(=O)O)=C(Cc3ccc(F)cc3)CS[C@H]12. The first kappa shape index (κ1) is 19.7. The minimum absolute atomic E-state index is 0.0353. The fraction of sp³-hybridized carbons (Fsp3) is 0.250. The quantitative estimate of drug-likeness (QED) is 0.685. The standard InChI is InChI=1S/C20H17FN2O4S2/c21-13-5-3-11(4-6-13)8-12-10-29-19-16(18(25)23(19)17(12)20(26)27)22-15(24)9-14-2-1-7-28-14/h1-7,16,19H,8-10H2,(H,22,24)(H,26,27)/t16?,19-/m1/s1. The molecule has 1 unspecified atom stereocenters. The van der Waals surface area contributed by atoms with E-state index in [-0.39, 0.29) is 23.8 Å². The molecule has 4 rings (SSSR count). The van der Waals surface area contributed by atoms with Crippen LogP contribution >= 0.6 is 23.1 Å². The normalized spacial score (nSPS) is 20.9. The van der Waals surface area contributed by atoms with Crippen LogP contribution in [0.2, 0.25) is 0 Å². The Morgan fingerprint density at radius 3 is 2.66 bits per heavy atom. The number of carboxylic acid groups (broad SMARTS) is 1. The van der Waals surface area contributed by atoms with E-state index in [1.807, 2.05) is 17.5 Å². The summed E-state index contributed by atoms with van der Waals surface area (Å²) in [5.74, 6) is -1.80. The van der Waals surface area contributed by atoms with Crippen LogP contribution in [0, 0.1) is 5.82 Å². The third kappa shape index (κ3) is 3.92. The van der Waals surface area contributed by atoms with Gasteiger partial charge >= 0.3 is 5.97 Å². The molecule has 2 aromatic rings. The Morgan fingerprint density at radius 2 is 2.00 bits per heavy atom. The zero-order chi connectivity index (χ0) is 20.5. The highest BCUT2D eigenvalue weighted by atomic mass is 32.2. The molecule has 2 aliphatic heterocycles. The van der Waals surface area contributed by atoms with E-state index in [0.29, 0.717) is 17.7 Å². The number of aliphatic carboxylic acids is 1. The molecule has 0 radical (unpaired) electrons. The molecule has 1 aromatic heterocycles. The Kier molecular flexibility index (Phi) is 5.42. The van der Waals surface area contributed by atoms with Crippen molar-refractivity contribution in [2.75, 3.05) is 5.75 Å². The Labute approximate surface area is 174 Å². The van der Waals surface area contributed by atoms with Crippen LogP contribution < -0.4 is 5.32 Å². The van der Waals surface area contributed by atoms with Crippen molar-refractivity contribution in [3.8, 4) is 0 Å². The van der Waals surface area contributed by atoms with Gasteiger partial charge in [-0.2, -0.15) is 0 Å². The molecule has 29 heavy (non-hydrogen) atoms. The number of fused-ring (bicyclic) bond motifs is 1. The summed E-state index contributed by atoms with van der Waals surface area (Å²) in [5.41, 5.74) is 1.34. The van der Waals surface area contributed by atoms with Gasteiger partial charge in [0.05, 0.1) is 6.42 Å². The number of carbonyl (C=O) groups excluding carboxylic acids is 2. The van der Waals surface area contributed by atoms with Crippen LogP contribution in [-0.4, -0.2) is 45.0 Å². The van der Waals surface area contributed by atoms with Gasteiger partial charge in [0, 0.05) is 10.6 Å². The number of thiophene rings is 1. The van der Waals surface area contributed by atoms with E-state index in [4.69, 9.17) is 0 Å². The highest BCUT2D eigenvalue weighted by molar-refractivity contribution is 8.00. The first-order chi connectivity index (χ1) is 13.9. The Hall–Kier alpha value is -2.65. The van der Waals surface area contributed by atoms with E-state index in [1.165, 1.54) is 40.1 Å². The predicted molar refractivity (Wildman–Crippen MR) is 108 cm³/mol. The van der Waals surface area contributed by atoms with E-state index in [2.05, 4.69) is 5.32 Å². The summed E-state index contributed by atoms with van der Waals surface area (Å²) >= 11 is 2.89.